The molecule has 1 N–H and O–H groups in total. The topological polar surface area (TPSA) is 64.0 Å². The molecule has 0 atom stereocenters. The smallest absolute Gasteiger partial charge is 0.203 e. The van der Waals surface area contributed by atoms with E-state index in [1.165, 1.54) is 12.1 Å². The number of hydrogen-bond acceptors (Lipinski definition) is 3. The molecule has 0 spiro atoms. The van der Waals surface area contributed by atoms with Crippen LogP contribution in [0.2, 0.25) is 5.02 Å². The van der Waals surface area contributed by atoms with Crippen LogP contribution in [0.1, 0.15) is 0 Å². The molecular formula is C15H11ClFN3O2S. The summed E-state index contributed by atoms with van der Waals surface area (Å²) in [7, 11) is -3.88. The van der Waals surface area contributed by atoms with E-state index < -0.39 is 15.8 Å². The number of aromatic nitrogens is 2. The van der Waals surface area contributed by atoms with Gasteiger partial charge in [-0.1, -0.05) is 41.9 Å². The van der Waals surface area contributed by atoms with Crippen molar-refractivity contribution in [2.24, 2.45) is 0 Å². The maximum atomic E-state index is 14.0. The third-order valence-corrected chi connectivity index (χ3v) is 4.66. The van der Waals surface area contributed by atoms with Crippen molar-refractivity contribution < 1.29 is 12.8 Å². The van der Waals surface area contributed by atoms with E-state index in [-0.39, 0.29) is 10.6 Å². The lowest BCUT2D eigenvalue weighted by Gasteiger charge is -2.11. The molecule has 5 nitrogen and oxygen atoms in total. The minimum atomic E-state index is -3.88. The number of rotatable bonds is 4. The second-order valence-corrected chi connectivity index (χ2v) is 6.76. The maximum absolute atomic E-state index is 14.0. The Balaban J connectivity index is 2.01. The molecule has 8 heteroatoms. The highest BCUT2D eigenvalue weighted by Gasteiger charge is 2.19. The summed E-state index contributed by atoms with van der Waals surface area (Å²) >= 11 is 5.81. The van der Waals surface area contributed by atoms with Gasteiger partial charge in [0.2, 0.25) is 0 Å². The number of benzene rings is 2. The van der Waals surface area contributed by atoms with Crippen molar-refractivity contribution in [3.63, 3.8) is 0 Å². The van der Waals surface area contributed by atoms with Gasteiger partial charge in [-0.05, 0) is 24.3 Å². The monoisotopic (exact) mass is 351 g/mol. The lowest BCUT2D eigenvalue weighted by atomic mass is 10.1. The van der Waals surface area contributed by atoms with E-state index in [1.54, 1.807) is 42.5 Å². The van der Waals surface area contributed by atoms with E-state index in [4.69, 9.17) is 11.6 Å². The minimum Gasteiger partial charge on any atom is -0.203 e. The van der Waals surface area contributed by atoms with E-state index in [2.05, 4.69) is 9.93 Å². The molecule has 2 aromatic carbocycles. The molecule has 0 radical (unpaired) electrons. The summed E-state index contributed by atoms with van der Waals surface area (Å²) in [4.78, 5) is 3.19. The van der Waals surface area contributed by atoms with Crippen LogP contribution >= 0.6 is 11.6 Å². The number of nitrogens with one attached hydrogen (secondary N) is 1. The Kier molecular flexibility index (Phi) is 4.06. The van der Waals surface area contributed by atoms with Crippen LogP contribution < -0.4 is 4.83 Å². The van der Waals surface area contributed by atoms with Crippen molar-refractivity contribution in [2.45, 2.75) is 4.90 Å². The van der Waals surface area contributed by atoms with Gasteiger partial charge in [-0.3, -0.25) is 0 Å². The van der Waals surface area contributed by atoms with Crippen molar-refractivity contribution in [3.8, 4) is 11.3 Å². The zero-order chi connectivity index (χ0) is 16.4. The van der Waals surface area contributed by atoms with Crippen molar-refractivity contribution in [3.05, 3.63) is 71.6 Å². The molecule has 3 aromatic rings. The molecule has 0 bridgehead atoms. The quantitative estimate of drug-likeness (QED) is 0.784. The molecule has 118 valence electrons. The fourth-order valence-corrected chi connectivity index (χ4v) is 3.14. The van der Waals surface area contributed by atoms with E-state index in [0.29, 0.717) is 10.6 Å². The van der Waals surface area contributed by atoms with Crippen LogP contribution in [0.15, 0.2) is 65.7 Å². The van der Waals surface area contributed by atoms with Gasteiger partial charge in [0, 0.05) is 10.6 Å². The van der Waals surface area contributed by atoms with Crippen LogP contribution in [0.5, 0.6) is 0 Å². The summed E-state index contributed by atoms with van der Waals surface area (Å²) in [5.41, 5.74) is 0.446. The largest absolute Gasteiger partial charge is 0.276 e. The summed E-state index contributed by atoms with van der Waals surface area (Å²) in [5.74, 6) is -0.650. The van der Waals surface area contributed by atoms with Crippen molar-refractivity contribution in [1.82, 2.24) is 9.89 Å². The third kappa shape index (κ3) is 3.20. The Morgan fingerprint density at radius 3 is 2.35 bits per heavy atom. The fraction of sp³-hybridized carbons (Fsp3) is 0. The summed E-state index contributed by atoms with van der Waals surface area (Å²) in [5, 5.41) is 4.23. The molecule has 0 aliphatic carbocycles. The summed E-state index contributed by atoms with van der Waals surface area (Å²) in [6.07, 6.45) is 0.942. The van der Waals surface area contributed by atoms with E-state index >= 15 is 0 Å². The maximum Gasteiger partial charge on any atom is 0.276 e. The number of sulfonamides is 1. The second-order valence-electron chi connectivity index (χ2n) is 4.67. The molecule has 1 aromatic heterocycles. The van der Waals surface area contributed by atoms with Gasteiger partial charge in [0.25, 0.3) is 10.0 Å². The van der Waals surface area contributed by atoms with Crippen LogP contribution in [0.25, 0.3) is 11.3 Å². The van der Waals surface area contributed by atoms with Gasteiger partial charge in [0.1, 0.15) is 5.69 Å². The zero-order valence-corrected chi connectivity index (χ0v) is 13.2. The molecule has 0 aliphatic rings. The highest BCUT2D eigenvalue weighted by molar-refractivity contribution is 7.92. The van der Waals surface area contributed by atoms with Crippen LogP contribution in [-0.2, 0) is 10.0 Å². The summed E-state index contributed by atoms with van der Waals surface area (Å²) in [6.45, 7) is 0. The van der Waals surface area contributed by atoms with Gasteiger partial charge in [0.15, 0.2) is 5.82 Å². The zero-order valence-electron chi connectivity index (χ0n) is 11.6. The lowest BCUT2D eigenvalue weighted by Crippen LogP contribution is -2.25. The molecule has 0 unspecified atom stereocenters. The van der Waals surface area contributed by atoms with Crippen LogP contribution in [0, 0.1) is 5.82 Å². The Bertz CT molecular complexity index is 925. The second kappa shape index (κ2) is 6.02. The SMILES string of the molecule is O=S(=O)(Nn1ncc(F)c1-c1ccc(Cl)cc1)c1ccccc1. The Morgan fingerprint density at radius 2 is 1.70 bits per heavy atom. The van der Waals surface area contributed by atoms with Crippen LogP contribution in [0.3, 0.4) is 0 Å². The predicted molar refractivity (Wildman–Crippen MR) is 85.6 cm³/mol. The van der Waals surface area contributed by atoms with Gasteiger partial charge < -0.3 is 0 Å². The van der Waals surface area contributed by atoms with Crippen LogP contribution in [-0.4, -0.2) is 18.3 Å². The molecule has 0 saturated carbocycles. The van der Waals surface area contributed by atoms with Crippen molar-refractivity contribution >= 4 is 21.6 Å². The predicted octanol–water partition coefficient (Wildman–Crippen LogP) is 3.28. The van der Waals surface area contributed by atoms with Gasteiger partial charge in [-0.25, -0.2) is 4.39 Å². The normalized spacial score (nSPS) is 11.4. The summed E-state index contributed by atoms with van der Waals surface area (Å²) in [6, 6.07) is 14.1. The number of hydrogen-bond donors (Lipinski definition) is 1. The van der Waals surface area contributed by atoms with E-state index in [0.717, 1.165) is 11.0 Å². The van der Waals surface area contributed by atoms with Gasteiger partial charge >= 0.3 is 0 Å². The van der Waals surface area contributed by atoms with Crippen LogP contribution in [0.4, 0.5) is 4.39 Å². The highest BCUT2D eigenvalue weighted by Crippen LogP contribution is 2.24. The Hall–Kier alpha value is -2.38. The third-order valence-electron chi connectivity index (χ3n) is 3.10. The van der Waals surface area contributed by atoms with E-state index in [1.807, 2.05) is 0 Å². The fourth-order valence-electron chi connectivity index (χ4n) is 2.03. The molecule has 3 rings (SSSR count). The van der Waals surface area contributed by atoms with Gasteiger partial charge in [-0.15, -0.1) is 0 Å². The standard InChI is InChI=1S/C15H11ClFN3O2S/c16-12-8-6-11(7-9-12)15-14(17)10-18-20(15)19-23(21,22)13-4-2-1-3-5-13/h1-10,19H. The highest BCUT2D eigenvalue weighted by atomic mass is 35.5. The lowest BCUT2D eigenvalue weighted by molar-refractivity contribution is 0.591. The number of nitrogens with zero attached hydrogens (tertiary/aromatic N) is 2. The molecule has 0 saturated heterocycles. The first-order chi connectivity index (χ1) is 11.0. The first-order valence-corrected chi connectivity index (χ1v) is 8.41. The van der Waals surface area contributed by atoms with E-state index in [9.17, 15) is 12.8 Å². The summed E-state index contributed by atoms with van der Waals surface area (Å²) < 4.78 is 38.7. The average Bonchev–Trinajstić information content (AvgIpc) is 2.89. The van der Waals surface area contributed by atoms with Crippen molar-refractivity contribution in [1.29, 1.82) is 0 Å². The molecule has 0 fully saturated rings. The number of halogens is 2. The first-order valence-electron chi connectivity index (χ1n) is 6.55. The van der Waals surface area contributed by atoms with Gasteiger partial charge in [0.05, 0.1) is 11.1 Å². The minimum absolute atomic E-state index is 0.00109. The molecule has 1 heterocycles. The molecule has 23 heavy (non-hydrogen) atoms. The molecule has 0 amide bonds. The molecular weight excluding hydrogens is 341 g/mol. The van der Waals surface area contributed by atoms with Crippen molar-refractivity contribution in [2.75, 3.05) is 4.83 Å². The average molecular weight is 352 g/mol. The Morgan fingerprint density at radius 1 is 1.04 bits per heavy atom. The molecule has 0 aliphatic heterocycles. The first kappa shape index (κ1) is 15.5. The Labute approximate surface area is 137 Å². The van der Waals surface area contributed by atoms with Gasteiger partial charge in [-0.2, -0.15) is 23.1 Å².